The SMILES string of the molecule is CCCCCCCCC(=O)NC(CCCC)(NC(=O)CCCCC)C(=O)O. The Morgan fingerprint density at radius 1 is 0.667 bits per heavy atom. The predicted molar refractivity (Wildman–Crippen MR) is 108 cm³/mol. The van der Waals surface area contributed by atoms with Crippen LogP contribution < -0.4 is 10.6 Å². The molecule has 158 valence electrons. The summed E-state index contributed by atoms with van der Waals surface area (Å²) in [6.07, 6.45) is 11.1. The van der Waals surface area contributed by atoms with Crippen LogP contribution in [-0.4, -0.2) is 28.6 Å². The maximum absolute atomic E-state index is 12.3. The molecule has 0 aliphatic heterocycles. The van der Waals surface area contributed by atoms with Gasteiger partial charge in [0.1, 0.15) is 0 Å². The third kappa shape index (κ3) is 11.7. The number of carboxylic acids is 1. The van der Waals surface area contributed by atoms with Crippen molar-refractivity contribution in [1.29, 1.82) is 0 Å². The van der Waals surface area contributed by atoms with Gasteiger partial charge in [-0.3, -0.25) is 9.59 Å². The highest BCUT2D eigenvalue weighted by Crippen LogP contribution is 2.15. The Morgan fingerprint density at radius 3 is 1.56 bits per heavy atom. The standard InChI is InChI=1S/C21H40N2O4/c1-4-7-10-11-12-14-16-19(25)23-21(20(26)27,17-9-6-3)22-18(24)15-13-8-5-2/h4-17H2,1-3H3,(H,22,24)(H,23,25)(H,26,27). The lowest BCUT2D eigenvalue weighted by Crippen LogP contribution is -2.65. The smallest absolute Gasteiger partial charge is 0.350 e. The second-order valence-electron chi connectivity index (χ2n) is 7.39. The van der Waals surface area contributed by atoms with Crippen molar-refractivity contribution in [3.63, 3.8) is 0 Å². The van der Waals surface area contributed by atoms with Gasteiger partial charge in [0.15, 0.2) is 0 Å². The van der Waals surface area contributed by atoms with E-state index in [0.717, 1.165) is 44.9 Å². The Morgan fingerprint density at radius 2 is 1.07 bits per heavy atom. The van der Waals surface area contributed by atoms with Gasteiger partial charge >= 0.3 is 5.97 Å². The van der Waals surface area contributed by atoms with Crippen LogP contribution in [0.5, 0.6) is 0 Å². The van der Waals surface area contributed by atoms with E-state index < -0.39 is 11.6 Å². The largest absolute Gasteiger partial charge is 0.478 e. The van der Waals surface area contributed by atoms with Crippen LogP contribution in [0.2, 0.25) is 0 Å². The number of hydrogen-bond donors (Lipinski definition) is 3. The van der Waals surface area contributed by atoms with Gasteiger partial charge in [0.05, 0.1) is 0 Å². The first-order chi connectivity index (χ1) is 12.9. The number of amides is 2. The first-order valence-electron chi connectivity index (χ1n) is 10.8. The average molecular weight is 385 g/mol. The zero-order chi connectivity index (χ0) is 20.5. The van der Waals surface area contributed by atoms with Crippen LogP contribution in [0.1, 0.15) is 111 Å². The fourth-order valence-electron chi connectivity index (χ4n) is 3.01. The maximum Gasteiger partial charge on any atom is 0.350 e. The van der Waals surface area contributed by atoms with E-state index in [1.54, 1.807) is 0 Å². The van der Waals surface area contributed by atoms with Crippen molar-refractivity contribution in [2.75, 3.05) is 0 Å². The van der Waals surface area contributed by atoms with Crippen molar-refractivity contribution in [3.8, 4) is 0 Å². The van der Waals surface area contributed by atoms with Crippen LogP contribution in [0, 0.1) is 0 Å². The zero-order valence-corrected chi connectivity index (χ0v) is 17.6. The molecule has 0 aromatic carbocycles. The first-order valence-corrected chi connectivity index (χ1v) is 10.8. The molecule has 6 nitrogen and oxygen atoms in total. The molecule has 0 heterocycles. The molecule has 6 heteroatoms. The molecule has 0 saturated heterocycles. The lowest BCUT2D eigenvalue weighted by Gasteiger charge is -2.31. The molecule has 0 spiro atoms. The topological polar surface area (TPSA) is 95.5 Å². The molecular weight excluding hydrogens is 344 g/mol. The predicted octanol–water partition coefficient (Wildman–Crippen LogP) is 4.52. The third-order valence-corrected chi connectivity index (χ3v) is 4.74. The van der Waals surface area contributed by atoms with E-state index in [-0.39, 0.29) is 24.7 Å². The van der Waals surface area contributed by atoms with Gasteiger partial charge in [-0.05, 0) is 19.3 Å². The van der Waals surface area contributed by atoms with Gasteiger partial charge in [-0.1, -0.05) is 72.1 Å². The van der Waals surface area contributed by atoms with E-state index in [1.807, 2.05) is 13.8 Å². The fourth-order valence-corrected chi connectivity index (χ4v) is 3.01. The molecule has 0 fully saturated rings. The van der Waals surface area contributed by atoms with Gasteiger partial charge in [0, 0.05) is 19.3 Å². The van der Waals surface area contributed by atoms with E-state index in [1.165, 1.54) is 19.3 Å². The minimum Gasteiger partial charge on any atom is -0.478 e. The fraction of sp³-hybridized carbons (Fsp3) is 0.857. The van der Waals surface area contributed by atoms with Crippen molar-refractivity contribution in [3.05, 3.63) is 0 Å². The van der Waals surface area contributed by atoms with Crippen molar-refractivity contribution in [2.45, 2.75) is 116 Å². The van der Waals surface area contributed by atoms with Crippen LogP contribution in [0.15, 0.2) is 0 Å². The molecule has 2 amide bonds. The summed E-state index contributed by atoms with van der Waals surface area (Å²) >= 11 is 0. The van der Waals surface area contributed by atoms with Gasteiger partial charge in [0.2, 0.25) is 17.5 Å². The second-order valence-corrected chi connectivity index (χ2v) is 7.39. The first kappa shape index (κ1) is 25.4. The maximum atomic E-state index is 12.3. The Kier molecular flexibility index (Phi) is 14.6. The van der Waals surface area contributed by atoms with Gasteiger partial charge in [-0.25, -0.2) is 4.79 Å². The summed E-state index contributed by atoms with van der Waals surface area (Å²) in [5, 5.41) is 15.0. The van der Waals surface area contributed by atoms with E-state index >= 15 is 0 Å². The van der Waals surface area contributed by atoms with Gasteiger partial charge in [-0.15, -0.1) is 0 Å². The molecule has 0 aliphatic carbocycles. The highest BCUT2D eigenvalue weighted by molar-refractivity contribution is 5.91. The zero-order valence-electron chi connectivity index (χ0n) is 17.6. The van der Waals surface area contributed by atoms with Crippen LogP contribution in [-0.2, 0) is 14.4 Å². The van der Waals surface area contributed by atoms with E-state index in [2.05, 4.69) is 17.6 Å². The van der Waals surface area contributed by atoms with Crippen LogP contribution in [0.4, 0.5) is 0 Å². The summed E-state index contributed by atoms with van der Waals surface area (Å²) in [4.78, 5) is 36.5. The van der Waals surface area contributed by atoms with E-state index in [0.29, 0.717) is 12.8 Å². The quantitative estimate of drug-likeness (QED) is 0.254. The molecule has 0 aromatic rings. The molecule has 27 heavy (non-hydrogen) atoms. The highest BCUT2D eigenvalue weighted by Gasteiger charge is 2.40. The minimum atomic E-state index is -1.70. The number of nitrogens with one attached hydrogen (secondary N) is 2. The summed E-state index contributed by atoms with van der Waals surface area (Å²) < 4.78 is 0. The van der Waals surface area contributed by atoms with E-state index in [4.69, 9.17) is 0 Å². The third-order valence-electron chi connectivity index (χ3n) is 4.74. The normalized spacial score (nSPS) is 13.0. The Bertz CT molecular complexity index is 440. The lowest BCUT2D eigenvalue weighted by molar-refractivity contribution is -0.152. The Hall–Kier alpha value is -1.59. The molecule has 1 unspecified atom stereocenters. The molecule has 1 atom stereocenters. The number of carbonyl (C=O) groups is 3. The molecule has 0 aliphatic rings. The van der Waals surface area contributed by atoms with Gasteiger partial charge in [-0.2, -0.15) is 0 Å². The number of aliphatic carboxylic acids is 1. The summed E-state index contributed by atoms with van der Waals surface area (Å²) in [6, 6.07) is 0. The highest BCUT2D eigenvalue weighted by atomic mass is 16.4. The molecule has 0 bridgehead atoms. The molecule has 0 saturated carbocycles. The molecule has 0 aromatic heterocycles. The van der Waals surface area contributed by atoms with Crippen LogP contribution in [0.3, 0.4) is 0 Å². The molecule has 3 N–H and O–H groups in total. The number of carbonyl (C=O) groups excluding carboxylic acids is 2. The van der Waals surface area contributed by atoms with E-state index in [9.17, 15) is 19.5 Å². The number of rotatable bonds is 17. The molecule has 0 rings (SSSR count). The monoisotopic (exact) mass is 384 g/mol. The summed E-state index contributed by atoms with van der Waals surface area (Å²) in [7, 11) is 0. The van der Waals surface area contributed by atoms with Crippen molar-refractivity contribution >= 4 is 17.8 Å². The van der Waals surface area contributed by atoms with Crippen molar-refractivity contribution in [2.24, 2.45) is 0 Å². The summed E-state index contributed by atoms with van der Waals surface area (Å²) in [6.45, 7) is 6.16. The Labute approximate surface area is 164 Å². The molecular formula is C21H40N2O4. The lowest BCUT2D eigenvalue weighted by atomic mass is 10.0. The van der Waals surface area contributed by atoms with Crippen molar-refractivity contribution < 1.29 is 19.5 Å². The Balaban J connectivity index is 4.74. The van der Waals surface area contributed by atoms with Gasteiger partial charge in [0.25, 0.3) is 0 Å². The van der Waals surface area contributed by atoms with Crippen molar-refractivity contribution in [1.82, 2.24) is 10.6 Å². The van der Waals surface area contributed by atoms with Crippen LogP contribution in [0.25, 0.3) is 0 Å². The number of carboxylic acid groups (broad SMARTS) is 1. The number of unbranched alkanes of at least 4 members (excludes halogenated alkanes) is 8. The minimum absolute atomic E-state index is 0.195. The second kappa shape index (κ2) is 15.5. The summed E-state index contributed by atoms with van der Waals surface area (Å²) in [5.41, 5.74) is -1.70. The molecule has 0 radical (unpaired) electrons. The van der Waals surface area contributed by atoms with Crippen LogP contribution >= 0.6 is 0 Å². The average Bonchev–Trinajstić information content (AvgIpc) is 2.62. The summed E-state index contributed by atoms with van der Waals surface area (Å²) in [5.74, 6) is -1.82. The number of hydrogen-bond acceptors (Lipinski definition) is 3. The van der Waals surface area contributed by atoms with Gasteiger partial charge < -0.3 is 15.7 Å².